The molecule has 1 aromatic rings. The monoisotopic (exact) mass is 249 g/mol. The molecule has 1 aromatic carbocycles. The molecule has 1 unspecified atom stereocenters. The molecular formula is C12H15N3O3. The van der Waals surface area contributed by atoms with Gasteiger partial charge < -0.3 is 15.7 Å². The molecule has 6 heteroatoms. The van der Waals surface area contributed by atoms with Crippen molar-refractivity contribution in [2.75, 3.05) is 18.4 Å². The van der Waals surface area contributed by atoms with E-state index in [9.17, 15) is 14.7 Å². The lowest BCUT2D eigenvalue weighted by Crippen LogP contribution is -2.56. The molecule has 1 fully saturated rings. The molecule has 0 aliphatic carbocycles. The van der Waals surface area contributed by atoms with Gasteiger partial charge in [-0.25, -0.2) is 0 Å². The standard InChI is InChI=1S/C12H15N3O3/c1-7-4-8(16)2-3-9(7)15-12(18)10-5-14-11(17)6-13-10/h2-4,10,13,16H,5-6H2,1H3,(H,14,17)(H,15,18). The molecule has 2 rings (SSSR count). The number of aromatic hydroxyl groups is 1. The van der Waals surface area contributed by atoms with E-state index >= 15 is 0 Å². The first-order valence-corrected chi connectivity index (χ1v) is 5.67. The molecular weight excluding hydrogens is 234 g/mol. The lowest BCUT2D eigenvalue weighted by molar-refractivity contribution is -0.124. The second kappa shape index (κ2) is 5.05. The maximum absolute atomic E-state index is 11.9. The van der Waals surface area contributed by atoms with E-state index in [1.807, 2.05) is 0 Å². The first kappa shape index (κ1) is 12.4. The van der Waals surface area contributed by atoms with Gasteiger partial charge in [0.1, 0.15) is 11.8 Å². The summed E-state index contributed by atoms with van der Waals surface area (Å²) in [4.78, 5) is 22.9. The summed E-state index contributed by atoms with van der Waals surface area (Å²) in [5.74, 6) is -0.155. The Kier molecular flexibility index (Phi) is 3.47. The molecule has 1 saturated heterocycles. The SMILES string of the molecule is Cc1cc(O)ccc1NC(=O)C1CNC(=O)CN1. The molecule has 1 heterocycles. The molecule has 0 spiro atoms. The molecule has 1 aliphatic heterocycles. The average molecular weight is 249 g/mol. The molecule has 18 heavy (non-hydrogen) atoms. The van der Waals surface area contributed by atoms with Gasteiger partial charge in [0.2, 0.25) is 11.8 Å². The third-order valence-electron chi connectivity index (χ3n) is 2.80. The number of carbonyl (C=O) groups is 2. The van der Waals surface area contributed by atoms with Crippen molar-refractivity contribution in [1.29, 1.82) is 0 Å². The first-order valence-electron chi connectivity index (χ1n) is 5.67. The molecule has 0 saturated carbocycles. The highest BCUT2D eigenvalue weighted by molar-refractivity contribution is 5.97. The number of aryl methyl sites for hydroxylation is 1. The summed E-state index contributed by atoms with van der Waals surface area (Å²) in [6, 6.07) is 4.30. The third-order valence-corrected chi connectivity index (χ3v) is 2.80. The fourth-order valence-corrected chi connectivity index (χ4v) is 1.76. The van der Waals surface area contributed by atoms with Crippen molar-refractivity contribution in [3.63, 3.8) is 0 Å². The Labute approximate surface area is 104 Å². The lowest BCUT2D eigenvalue weighted by atomic mass is 10.1. The van der Waals surface area contributed by atoms with Crippen LogP contribution in [-0.4, -0.2) is 36.1 Å². The van der Waals surface area contributed by atoms with Crippen LogP contribution in [0.3, 0.4) is 0 Å². The van der Waals surface area contributed by atoms with Crippen molar-refractivity contribution in [1.82, 2.24) is 10.6 Å². The topological polar surface area (TPSA) is 90.5 Å². The fourth-order valence-electron chi connectivity index (χ4n) is 1.76. The Morgan fingerprint density at radius 3 is 2.89 bits per heavy atom. The van der Waals surface area contributed by atoms with Crippen LogP contribution in [0.4, 0.5) is 5.69 Å². The maximum atomic E-state index is 11.9. The van der Waals surface area contributed by atoms with E-state index in [0.29, 0.717) is 5.69 Å². The number of benzene rings is 1. The second-order valence-electron chi connectivity index (χ2n) is 4.23. The fraction of sp³-hybridized carbons (Fsp3) is 0.333. The van der Waals surface area contributed by atoms with Gasteiger partial charge in [-0.3, -0.25) is 14.9 Å². The van der Waals surface area contributed by atoms with E-state index in [1.165, 1.54) is 6.07 Å². The minimum atomic E-state index is -0.434. The molecule has 0 bridgehead atoms. The first-order chi connectivity index (χ1) is 8.56. The van der Waals surface area contributed by atoms with Crippen LogP contribution in [0, 0.1) is 6.92 Å². The van der Waals surface area contributed by atoms with Crippen LogP contribution < -0.4 is 16.0 Å². The molecule has 4 N–H and O–H groups in total. The van der Waals surface area contributed by atoms with Crippen LogP contribution in [0.15, 0.2) is 18.2 Å². The predicted molar refractivity (Wildman–Crippen MR) is 66.3 cm³/mol. The second-order valence-corrected chi connectivity index (χ2v) is 4.23. The number of anilines is 1. The minimum absolute atomic E-state index is 0.111. The van der Waals surface area contributed by atoms with Gasteiger partial charge in [-0.15, -0.1) is 0 Å². The quantitative estimate of drug-likeness (QED) is 0.543. The van der Waals surface area contributed by atoms with E-state index < -0.39 is 6.04 Å². The van der Waals surface area contributed by atoms with Crippen LogP contribution >= 0.6 is 0 Å². The van der Waals surface area contributed by atoms with Crippen LogP contribution in [0.25, 0.3) is 0 Å². The Bertz CT molecular complexity index is 477. The van der Waals surface area contributed by atoms with E-state index in [4.69, 9.17) is 0 Å². The third kappa shape index (κ3) is 2.78. The number of rotatable bonds is 2. The Hall–Kier alpha value is -2.08. The van der Waals surface area contributed by atoms with Gasteiger partial charge in [0.15, 0.2) is 0 Å². The summed E-state index contributed by atoms with van der Waals surface area (Å²) in [7, 11) is 0. The number of hydrogen-bond donors (Lipinski definition) is 4. The van der Waals surface area contributed by atoms with Crippen molar-refractivity contribution < 1.29 is 14.7 Å². The summed E-state index contributed by atoms with van der Waals surface area (Å²) in [5.41, 5.74) is 1.43. The van der Waals surface area contributed by atoms with E-state index in [-0.39, 0.29) is 30.7 Å². The lowest BCUT2D eigenvalue weighted by Gasteiger charge is -2.23. The number of carbonyl (C=O) groups excluding carboxylic acids is 2. The van der Waals surface area contributed by atoms with Crippen molar-refractivity contribution in [2.45, 2.75) is 13.0 Å². The van der Waals surface area contributed by atoms with Crippen LogP contribution in [0.5, 0.6) is 5.75 Å². The van der Waals surface area contributed by atoms with Gasteiger partial charge >= 0.3 is 0 Å². The average Bonchev–Trinajstić information content (AvgIpc) is 2.33. The number of phenols is 1. The zero-order valence-corrected chi connectivity index (χ0v) is 9.99. The van der Waals surface area contributed by atoms with E-state index in [1.54, 1.807) is 19.1 Å². The van der Waals surface area contributed by atoms with Crippen LogP contribution in [0.2, 0.25) is 0 Å². The summed E-state index contributed by atoms with van der Waals surface area (Å²) in [6.07, 6.45) is 0. The number of nitrogens with one attached hydrogen (secondary N) is 3. The minimum Gasteiger partial charge on any atom is -0.508 e. The number of amides is 2. The van der Waals surface area contributed by atoms with Gasteiger partial charge in [0.05, 0.1) is 6.54 Å². The van der Waals surface area contributed by atoms with Crippen molar-refractivity contribution in [3.8, 4) is 5.75 Å². The van der Waals surface area contributed by atoms with Gasteiger partial charge in [0, 0.05) is 12.2 Å². The molecule has 1 atom stereocenters. The highest BCUT2D eigenvalue weighted by Gasteiger charge is 2.23. The number of phenolic OH excluding ortho intramolecular Hbond substituents is 1. The summed E-state index contributed by atoms with van der Waals surface area (Å²) < 4.78 is 0. The summed E-state index contributed by atoms with van der Waals surface area (Å²) >= 11 is 0. The van der Waals surface area contributed by atoms with Crippen LogP contribution in [0.1, 0.15) is 5.56 Å². The predicted octanol–water partition coefficient (Wildman–Crippen LogP) is -0.273. The van der Waals surface area contributed by atoms with Gasteiger partial charge in [-0.2, -0.15) is 0 Å². The molecule has 1 aliphatic rings. The summed E-state index contributed by atoms with van der Waals surface area (Å²) in [6.45, 7) is 2.22. The number of hydrogen-bond acceptors (Lipinski definition) is 4. The Balaban J connectivity index is 2.00. The van der Waals surface area contributed by atoms with Gasteiger partial charge in [-0.05, 0) is 30.7 Å². The van der Waals surface area contributed by atoms with Crippen molar-refractivity contribution in [2.24, 2.45) is 0 Å². The zero-order chi connectivity index (χ0) is 13.1. The molecule has 0 radical (unpaired) electrons. The Morgan fingerprint density at radius 2 is 2.28 bits per heavy atom. The normalized spacial score (nSPS) is 19.2. The number of piperazine rings is 1. The van der Waals surface area contributed by atoms with E-state index in [0.717, 1.165) is 5.56 Å². The summed E-state index contributed by atoms with van der Waals surface area (Å²) in [5, 5.41) is 17.5. The molecule has 2 amide bonds. The van der Waals surface area contributed by atoms with Crippen molar-refractivity contribution in [3.05, 3.63) is 23.8 Å². The van der Waals surface area contributed by atoms with Gasteiger partial charge in [-0.1, -0.05) is 0 Å². The highest BCUT2D eigenvalue weighted by atomic mass is 16.3. The van der Waals surface area contributed by atoms with Crippen LogP contribution in [-0.2, 0) is 9.59 Å². The Morgan fingerprint density at radius 1 is 1.50 bits per heavy atom. The smallest absolute Gasteiger partial charge is 0.243 e. The largest absolute Gasteiger partial charge is 0.508 e. The zero-order valence-electron chi connectivity index (χ0n) is 9.99. The van der Waals surface area contributed by atoms with Gasteiger partial charge in [0.25, 0.3) is 0 Å². The van der Waals surface area contributed by atoms with E-state index in [2.05, 4.69) is 16.0 Å². The maximum Gasteiger partial charge on any atom is 0.243 e. The molecule has 96 valence electrons. The molecule has 6 nitrogen and oxygen atoms in total. The highest BCUT2D eigenvalue weighted by Crippen LogP contribution is 2.20. The molecule has 0 aromatic heterocycles. The van der Waals surface area contributed by atoms with Crippen molar-refractivity contribution >= 4 is 17.5 Å².